The first kappa shape index (κ1) is 15.8. The molecule has 0 aromatic carbocycles. The molecule has 7 heteroatoms. The monoisotopic (exact) mass is 157 g/mol. The fraction of sp³-hybridized carbons (Fsp3) is 0.500. The minimum absolute atomic E-state index is 0. The molecule has 0 heterocycles. The third-order valence-electron chi connectivity index (χ3n) is 0. The van der Waals surface area contributed by atoms with Crippen molar-refractivity contribution in [3.8, 4) is 0 Å². The molecule has 0 saturated carbocycles. The van der Waals surface area contributed by atoms with Gasteiger partial charge in [-0.2, -0.15) is 26.3 Å². The predicted octanol–water partition coefficient (Wildman–Crippen LogP) is 1.70. The average molecular weight is 157 g/mol. The van der Waals surface area contributed by atoms with Crippen molar-refractivity contribution in [2.45, 2.75) is 6.68 Å². The molecule has 0 atom stereocenters. The van der Waals surface area contributed by atoms with Crippen molar-refractivity contribution in [2.75, 3.05) is 0 Å². The van der Waals surface area contributed by atoms with Crippen molar-refractivity contribution < 1.29 is 31.8 Å². The molecule has 1 radical (unpaired) electrons. The van der Waals surface area contributed by atoms with E-state index in [0.717, 1.165) is 0 Å². The summed E-state index contributed by atoms with van der Waals surface area (Å²) in [5.74, 6) is 0. The summed E-state index contributed by atoms with van der Waals surface area (Å²) >= 11 is 0. The molecule has 0 saturated heterocycles. The summed E-state index contributed by atoms with van der Waals surface area (Å²) in [6.07, 6.45) is 0. The first-order valence-electron chi connectivity index (χ1n) is 1.22. The molecular weight excluding hydrogens is 154 g/mol. The maximum Gasteiger partial charge on any atom is 0.487 e. The van der Waals surface area contributed by atoms with Crippen LogP contribution in [0.2, 0.25) is 0 Å². The standard InChI is InChI=1S/CHF3.CF3.H2O/c2*2-1(3)4;/h1H;;1H2. The highest BCUT2D eigenvalue weighted by Gasteiger charge is 1.93. The van der Waals surface area contributed by atoms with Gasteiger partial charge in [-0.05, 0) is 0 Å². The summed E-state index contributed by atoms with van der Waals surface area (Å²) in [5.41, 5.74) is 0. The zero-order chi connectivity index (χ0) is 7.15. The summed E-state index contributed by atoms with van der Waals surface area (Å²) in [7, 11) is 0. The van der Waals surface area contributed by atoms with Crippen LogP contribution in [0.1, 0.15) is 0 Å². The van der Waals surface area contributed by atoms with E-state index in [1.54, 1.807) is 0 Å². The van der Waals surface area contributed by atoms with E-state index >= 15 is 0 Å². The molecule has 0 aromatic rings. The zero-order valence-electron chi connectivity index (χ0n) is 3.85. The Morgan fingerprint density at radius 2 is 0.889 bits per heavy atom. The van der Waals surface area contributed by atoms with Gasteiger partial charge in [0, 0.05) is 0 Å². The molecule has 0 fully saturated rings. The van der Waals surface area contributed by atoms with E-state index in [1.807, 2.05) is 0 Å². The van der Waals surface area contributed by atoms with E-state index < -0.39 is 13.4 Å². The van der Waals surface area contributed by atoms with Crippen LogP contribution >= 0.6 is 0 Å². The normalized spacial score (nSPS) is 8.00. The summed E-state index contributed by atoms with van der Waals surface area (Å²) in [4.78, 5) is 0. The molecule has 0 spiro atoms. The summed E-state index contributed by atoms with van der Waals surface area (Å²) in [6.45, 7) is -6.75. The van der Waals surface area contributed by atoms with Gasteiger partial charge in [-0.25, -0.2) is 0 Å². The van der Waals surface area contributed by atoms with Gasteiger partial charge in [0.15, 0.2) is 0 Å². The van der Waals surface area contributed by atoms with Crippen LogP contribution in [0.4, 0.5) is 26.3 Å². The lowest BCUT2D eigenvalue weighted by molar-refractivity contribution is 0.00819. The Hall–Kier alpha value is -0.460. The Labute approximate surface area is 46.6 Å². The fourth-order valence-electron chi connectivity index (χ4n) is 0. The molecule has 2 N–H and O–H groups in total. The Morgan fingerprint density at radius 1 is 0.889 bits per heavy atom. The van der Waals surface area contributed by atoms with E-state index in [-0.39, 0.29) is 5.48 Å². The third kappa shape index (κ3) is 1090. The van der Waals surface area contributed by atoms with Crippen LogP contribution in [0.5, 0.6) is 0 Å². The Morgan fingerprint density at radius 3 is 0.889 bits per heavy atom. The van der Waals surface area contributed by atoms with Gasteiger partial charge in [0.2, 0.25) is 0 Å². The van der Waals surface area contributed by atoms with Crippen LogP contribution in [0, 0.1) is 6.68 Å². The zero-order valence-corrected chi connectivity index (χ0v) is 3.85. The third-order valence-corrected chi connectivity index (χ3v) is 0. The highest BCUT2D eigenvalue weighted by atomic mass is 19.4. The predicted molar refractivity (Wildman–Crippen MR) is 17.3 cm³/mol. The number of halogens is 6. The van der Waals surface area contributed by atoms with Gasteiger partial charge in [0.25, 0.3) is 0 Å². The van der Waals surface area contributed by atoms with Gasteiger partial charge < -0.3 is 5.48 Å². The second-order valence-corrected chi connectivity index (χ2v) is 0.462. The highest BCUT2D eigenvalue weighted by Crippen LogP contribution is 1.99. The lowest BCUT2D eigenvalue weighted by atomic mass is 11.6. The molecule has 0 bridgehead atoms. The van der Waals surface area contributed by atoms with Crippen LogP contribution in [0.3, 0.4) is 0 Å². The van der Waals surface area contributed by atoms with Crippen LogP contribution in [0.15, 0.2) is 0 Å². The number of hydrogen-bond donors (Lipinski definition) is 0. The Bertz CT molecular complexity index is 26.5. The number of rotatable bonds is 0. The second-order valence-electron chi connectivity index (χ2n) is 0.462. The molecule has 0 amide bonds. The van der Waals surface area contributed by atoms with Gasteiger partial charge in [0.05, 0.1) is 0 Å². The maximum atomic E-state index is 9.67. The van der Waals surface area contributed by atoms with Crippen molar-refractivity contribution >= 4 is 0 Å². The van der Waals surface area contributed by atoms with Gasteiger partial charge in [0.1, 0.15) is 0 Å². The molecular formula is C2H3F6O. The van der Waals surface area contributed by atoms with Crippen molar-refractivity contribution in [1.29, 1.82) is 0 Å². The van der Waals surface area contributed by atoms with Crippen LogP contribution in [0.25, 0.3) is 0 Å². The SMILES string of the molecule is FC(F)F.F[C](F)F.O. The first-order valence-corrected chi connectivity index (χ1v) is 1.22. The van der Waals surface area contributed by atoms with E-state index in [4.69, 9.17) is 0 Å². The van der Waals surface area contributed by atoms with E-state index in [2.05, 4.69) is 0 Å². The van der Waals surface area contributed by atoms with Crippen molar-refractivity contribution in [1.82, 2.24) is 0 Å². The number of hydrogen-bond acceptors (Lipinski definition) is 0. The minimum Gasteiger partial charge on any atom is -0.412 e. The summed E-state index contributed by atoms with van der Waals surface area (Å²) in [5, 5.41) is 0. The van der Waals surface area contributed by atoms with Gasteiger partial charge in [-0.1, -0.05) is 0 Å². The largest absolute Gasteiger partial charge is 0.487 e. The van der Waals surface area contributed by atoms with E-state index in [9.17, 15) is 26.3 Å². The quantitative estimate of drug-likeness (QED) is 0.479. The molecule has 0 aliphatic carbocycles. The van der Waals surface area contributed by atoms with E-state index in [1.165, 1.54) is 0 Å². The topological polar surface area (TPSA) is 31.5 Å². The molecule has 59 valence electrons. The van der Waals surface area contributed by atoms with Gasteiger partial charge in [-0.3, -0.25) is 0 Å². The van der Waals surface area contributed by atoms with Crippen molar-refractivity contribution in [3.05, 3.63) is 6.68 Å². The highest BCUT2D eigenvalue weighted by molar-refractivity contribution is 4.21. The molecule has 1 nitrogen and oxygen atoms in total. The van der Waals surface area contributed by atoms with Gasteiger partial charge in [-0.15, -0.1) is 0 Å². The summed E-state index contributed by atoms with van der Waals surface area (Å²) < 4.78 is 57.8. The molecule has 0 rings (SSSR count). The Kier molecular flexibility index (Phi) is 18.5. The van der Waals surface area contributed by atoms with Crippen molar-refractivity contribution in [2.24, 2.45) is 0 Å². The number of alkyl halides is 3. The van der Waals surface area contributed by atoms with Crippen LogP contribution < -0.4 is 0 Å². The average Bonchev–Trinajstić information content (AvgIpc) is 1.25. The second kappa shape index (κ2) is 10.5. The lowest BCUT2D eigenvalue weighted by Crippen LogP contribution is -1.65. The molecule has 0 aromatic heterocycles. The Balaban J connectivity index is -0.0000000720. The fourth-order valence-corrected chi connectivity index (χ4v) is 0. The molecule has 9 heavy (non-hydrogen) atoms. The van der Waals surface area contributed by atoms with Crippen LogP contribution in [-0.4, -0.2) is 12.2 Å². The van der Waals surface area contributed by atoms with E-state index in [0.29, 0.717) is 0 Å². The molecule has 0 unspecified atom stereocenters. The molecule has 0 aliphatic rings. The minimum atomic E-state index is -3.67. The maximum absolute atomic E-state index is 9.67. The van der Waals surface area contributed by atoms with Gasteiger partial charge >= 0.3 is 13.4 Å². The lowest BCUT2D eigenvalue weighted by Gasteiger charge is -1.65. The first-order chi connectivity index (χ1) is 3.46. The molecule has 0 aliphatic heterocycles. The summed E-state index contributed by atoms with van der Waals surface area (Å²) in [6, 6.07) is 0. The van der Waals surface area contributed by atoms with Crippen molar-refractivity contribution in [3.63, 3.8) is 0 Å². The van der Waals surface area contributed by atoms with Crippen LogP contribution in [-0.2, 0) is 0 Å². The smallest absolute Gasteiger partial charge is 0.412 e.